The van der Waals surface area contributed by atoms with Gasteiger partial charge in [0.15, 0.2) is 0 Å². The van der Waals surface area contributed by atoms with Gasteiger partial charge in [-0.25, -0.2) is 0 Å². The van der Waals surface area contributed by atoms with Crippen molar-refractivity contribution in [2.75, 3.05) is 0 Å². The van der Waals surface area contributed by atoms with Crippen molar-refractivity contribution in [2.24, 2.45) is 5.92 Å². The minimum atomic E-state index is -0.355. The van der Waals surface area contributed by atoms with Crippen molar-refractivity contribution >= 4 is 5.97 Å². The van der Waals surface area contributed by atoms with Gasteiger partial charge >= 0.3 is 5.97 Å². The van der Waals surface area contributed by atoms with Crippen molar-refractivity contribution in [1.29, 1.82) is 0 Å². The average Bonchev–Trinajstić information content (AvgIpc) is 2.35. The van der Waals surface area contributed by atoms with Crippen LogP contribution in [0.15, 0.2) is 0 Å². The molecule has 11 heavy (non-hydrogen) atoms. The normalized spacial score (nSPS) is 39.4. The molecule has 3 nitrogen and oxygen atoms in total. The van der Waals surface area contributed by atoms with Crippen molar-refractivity contribution in [3.63, 3.8) is 0 Å². The van der Waals surface area contributed by atoms with E-state index in [1.165, 1.54) is 0 Å². The zero-order valence-electron chi connectivity index (χ0n) is 6.96. The summed E-state index contributed by atoms with van der Waals surface area (Å²) < 4.78 is 10.1. The first-order chi connectivity index (χ1) is 4.99. The number of carbonyl (C=O) groups is 1. The molecule has 0 amide bonds. The van der Waals surface area contributed by atoms with Crippen molar-refractivity contribution < 1.29 is 14.3 Å². The lowest BCUT2D eigenvalue weighted by Gasteiger charge is -2.20. The highest BCUT2D eigenvalue weighted by atomic mass is 16.6. The highest BCUT2D eigenvalue weighted by Gasteiger charge is 2.72. The molecule has 0 aromatic rings. The van der Waals surface area contributed by atoms with Crippen LogP contribution in [0.25, 0.3) is 0 Å². The number of rotatable bonds is 1. The fraction of sp³-hybridized carbons (Fsp3) is 0.875. The molecule has 2 unspecified atom stereocenters. The van der Waals surface area contributed by atoms with E-state index in [-0.39, 0.29) is 29.7 Å². The van der Waals surface area contributed by atoms with Gasteiger partial charge in [-0.05, 0) is 20.8 Å². The molecule has 1 saturated carbocycles. The van der Waals surface area contributed by atoms with Crippen molar-refractivity contribution in [1.82, 2.24) is 0 Å². The molecular formula is C8H12O3. The van der Waals surface area contributed by atoms with Gasteiger partial charge in [0.05, 0.1) is 0 Å². The molecule has 0 spiro atoms. The molecule has 0 aromatic carbocycles. The van der Waals surface area contributed by atoms with Gasteiger partial charge in [0.25, 0.3) is 0 Å². The van der Waals surface area contributed by atoms with E-state index in [1.807, 2.05) is 20.8 Å². The van der Waals surface area contributed by atoms with Crippen LogP contribution in [-0.2, 0) is 14.3 Å². The maximum absolute atomic E-state index is 11.2. The van der Waals surface area contributed by atoms with E-state index < -0.39 is 0 Å². The Kier molecular flexibility index (Phi) is 1.15. The number of esters is 1. The fourth-order valence-electron chi connectivity index (χ4n) is 1.11. The molecule has 0 N–H and O–H groups in total. The van der Waals surface area contributed by atoms with Crippen LogP contribution in [0.4, 0.5) is 0 Å². The third kappa shape index (κ3) is 1.25. The Hall–Kier alpha value is -0.570. The molecular weight excluding hydrogens is 144 g/mol. The summed E-state index contributed by atoms with van der Waals surface area (Å²) in [6, 6.07) is 0. The lowest BCUT2D eigenvalue weighted by atomic mass is 10.2. The Labute approximate surface area is 65.7 Å². The van der Waals surface area contributed by atoms with Gasteiger partial charge in [-0.15, -0.1) is 0 Å². The van der Waals surface area contributed by atoms with Gasteiger partial charge in [-0.1, -0.05) is 0 Å². The summed E-state index contributed by atoms with van der Waals surface area (Å²) in [6.07, 6.45) is 0.426. The quantitative estimate of drug-likeness (QED) is 0.415. The van der Waals surface area contributed by atoms with Gasteiger partial charge in [0.2, 0.25) is 0 Å². The number of carbonyl (C=O) groups excluding carboxylic acids is 1. The Bertz CT molecular complexity index is 196. The first kappa shape index (κ1) is 7.10. The molecule has 0 bridgehead atoms. The zero-order chi connectivity index (χ0) is 8.22. The summed E-state index contributed by atoms with van der Waals surface area (Å²) in [5.41, 5.74) is -0.355. The number of epoxide rings is 1. The van der Waals surface area contributed by atoms with Crippen molar-refractivity contribution in [2.45, 2.75) is 38.6 Å². The lowest BCUT2D eigenvalue weighted by Crippen LogP contribution is -2.27. The summed E-state index contributed by atoms with van der Waals surface area (Å²) in [7, 11) is 0. The van der Waals surface area contributed by atoms with Gasteiger partial charge in [-0.3, -0.25) is 4.79 Å². The van der Waals surface area contributed by atoms with Gasteiger partial charge in [0, 0.05) is 0 Å². The standard InChI is InChI=1S/C8H12O3/c1-8(2,3)11-7(9)4-5-6(4)10-5/h4-6H,1-3H3. The molecule has 0 radical (unpaired) electrons. The minimum absolute atomic E-state index is 0.0641. The number of ether oxygens (including phenoxy) is 2. The Morgan fingerprint density at radius 3 is 2.18 bits per heavy atom. The summed E-state index contributed by atoms with van der Waals surface area (Å²) in [5.74, 6) is -0.0343. The number of fused-ring (bicyclic) bond motifs is 1. The molecule has 62 valence electrons. The van der Waals surface area contributed by atoms with Crippen LogP contribution in [0.1, 0.15) is 20.8 Å². The third-order valence-corrected chi connectivity index (χ3v) is 1.81. The van der Waals surface area contributed by atoms with E-state index in [1.54, 1.807) is 0 Å². The predicted molar refractivity (Wildman–Crippen MR) is 38.0 cm³/mol. The maximum atomic E-state index is 11.2. The predicted octanol–water partition coefficient (Wildman–Crippen LogP) is 0.725. The topological polar surface area (TPSA) is 38.8 Å². The van der Waals surface area contributed by atoms with E-state index in [0.29, 0.717) is 0 Å². The SMILES string of the molecule is CC(C)(C)OC(=O)C1C2OC21. The van der Waals surface area contributed by atoms with Crippen LogP contribution in [0.3, 0.4) is 0 Å². The monoisotopic (exact) mass is 156 g/mol. The van der Waals surface area contributed by atoms with Crippen LogP contribution in [-0.4, -0.2) is 23.8 Å². The van der Waals surface area contributed by atoms with Crippen molar-refractivity contribution in [3.05, 3.63) is 0 Å². The molecule has 1 saturated heterocycles. The van der Waals surface area contributed by atoms with Crippen molar-refractivity contribution in [3.8, 4) is 0 Å². The minimum Gasteiger partial charge on any atom is -0.460 e. The van der Waals surface area contributed by atoms with Gasteiger partial charge < -0.3 is 9.47 Å². The largest absolute Gasteiger partial charge is 0.460 e. The van der Waals surface area contributed by atoms with Crippen LogP contribution in [0.5, 0.6) is 0 Å². The van der Waals surface area contributed by atoms with Crippen LogP contribution < -0.4 is 0 Å². The molecule has 2 fully saturated rings. The Balaban J connectivity index is 1.82. The third-order valence-electron chi connectivity index (χ3n) is 1.81. The Morgan fingerprint density at radius 2 is 1.91 bits per heavy atom. The number of hydrogen-bond acceptors (Lipinski definition) is 3. The molecule has 1 aliphatic heterocycles. The van der Waals surface area contributed by atoms with E-state index in [9.17, 15) is 4.79 Å². The number of hydrogen-bond donors (Lipinski definition) is 0. The smallest absolute Gasteiger partial charge is 0.314 e. The fourth-order valence-corrected chi connectivity index (χ4v) is 1.11. The maximum Gasteiger partial charge on any atom is 0.314 e. The first-order valence-electron chi connectivity index (χ1n) is 3.87. The second-order valence-corrected chi connectivity index (χ2v) is 4.12. The molecule has 2 aliphatic rings. The van der Waals surface area contributed by atoms with E-state index in [4.69, 9.17) is 9.47 Å². The first-order valence-corrected chi connectivity index (χ1v) is 3.87. The molecule has 1 heterocycles. The van der Waals surface area contributed by atoms with E-state index in [2.05, 4.69) is 0 Å². The molecule has 2 rings (SSSR count). The Morgan fingerprint density at radius 1 is 1.36 bits per heavy atom. The van der Waals surface area contributed by atoms with E-state index in [0.717, 1.165) is 0 Å². The van der Waals surface area contributed by atoms with Crippen LogP contribution in [0.2, 0.25) is 0 Å². The lowest BCUT2D eigenvalue weighted by molar-refractivity contribution is -0.160. The summed E-state index contributed by atoms with van der Waals surface area (Å²) >= 11 is 0. The summed E-state index contributed by atoms with van der Waals surface area (Å²) in [6.45, 7) is 5.62. The van der Waals surface area contributed by atoms with Gasteiger partial charge in [0.1, 0.15) is 23.7 Å². The highest BCUT2D eigenvalue weighted by Crippen LogP contribution is 2.54. The zero-order valence-corrected chi connectivity index (χ0v) is 6.96. The average molecular weight is 156 g/mol. The van der Waals surface area contributed by atoms with Crippen LogP contribution in [0, 0.1) is 5.92 Å². The molecule has 1 aliphatic carbocycles. The molecule has 0 aromatic heterocycles. The summed E-state index contributed by atoms with van der Waals surface area (Å²) in [5, 5.41) is 0. The van der Waals surface area contributed by atoms with Gasteiger partial charge in [-0.2, -0.15) is 0 Å². The van der Waals surface area contributed by atoms with Crippen LogP contribution >= 0.6 is 0 Å². The second-order valence-electron chi connectivity index (χ2n) is 4.12. The van der Waals surface area contributed by atoms with E-state index >= 15 is 0 Å². The molecule has 2 atom stereocenters. The summed E-state index contributed by atoms with van der Waals surface area (Å²) in [4.78, 5) is 11.2. The highest BCUT2D eigenvalue weighted by molar-refractivity contribution is 5.80. The molecule has 3 heteroatoms. The second kappa shape index (κ2) is 1.78.